The molecule has 0 saturated carbocycles. The zero-order chi connectivity index (χ0) is 19.4. The number of carbonyl (C=O) groups excluding carboxylic acids is 1. The topological polar surface area (TPSA) is 41.4 Å². The van der Waals surface area contributed by atoms with Gasteiger partial charge in [-0.2, -0.15) is 5.10 Å². The van der Waals surface area contributed by atoms with E-state index in [0.29, 0.717) is 18.5 Å². The molecule has 4 fully saturated rings. The highest BCUT2D eigenvalue weighted by Crippen LogP contribution is 2.47. The first-order valence-electron chi connectivity index (χ1n) is 10.4. The fourth-order valence-electron chi connectivity index (χ4n) is 5.70. The van der Waals surface area contributed by atoms with E-state index in [4.69, 9.17) is 0 Å². The number of hydrogen-bond acceptors (Lipinski definition) is 3. The van der Waals surface area contributed by atoms with Crippen LogP contribution in [0.2, 0.25) is 0 Å². The van der Waals surface area contributed by atoms with Crippen molar-refractivity contribution in [2.75, 3.05) is 19.6 Å². The number of carbonyl (C=O) groups is 1. The summed E-state index contributed by atoms with van der Waals surface area (Å²) in [7, 11) is 0. The second-order valence-corrected chi connectivity index (χ2v) is 8.45. The average Bonchev–Trinajstić information content (AvgIpc) is 3.31. The molecular weight excluding hydrogens is 355 g/mol. The second-order valence-electron chi connectivity index (χ2n) is 8.45. The van der Waals surface area contributed by atoms with Gasteiger partial charge in [0, 0.05) is 31.2 Å². The van der Waals surface area contributed by atoms with E-state index in [1.807, 2.05) is 36.9 Å². The Balaban J connectivity index is 1.52. The van der Waals surface area contributed by atoms with E-state index in [2.05, 4.69) is 14.9 Å². The summed E-state index contributed by atoms with van der Waals surface area (Å²) in [5, 5.41) is 4.48. The van der Waals surface area contributed by atoms with Crippen molar-refractivity contribution in [3.63, 3.8) is 0 Å². The van der Waals surface area contributed by atoms with Gasteiger partial charge in [0.15, 0.2) is 0 Å². The molecule has 0 unspecified atom stereocenters. The van der Waals surface area contributed by atoms with Crippen LogP contribution in [-0.2, 0) is 6.54 Å². The van der Waals surface area contributed by atoms with Crippen molar-refractivity contribution in [2.24, 2.45) is 5.92 Å². The van der Waals surface area contributed by atoms with E-state index in [9.17, 15) is 9.18 Å². The first-order chi connectivity index (χ1) is 13.6. The quantitative estimate of drug-likeness (QED) is 0.819. The minimum Gasteiger partial charge on any atom is -0.333 e. The van der Waals surface area contributed by atoms with Crippen molar-refractivity contribution in [1.29, 1.82) is 0 Å². The number of fused-ring (bicyclic) bond motifs is 2. The number of likely N-dealkylation sites (tertiary alicyclic amines) is 1. The van der Waals surface area contributed by atoms with Gasteiger partial charge in [-0.3, -0.25) is 14.4 Å². The van der Waals surface area contributed by atoms with E-state index >= 15 is 0 Å². The third kappa shape index (κ3) is 2.69. The fourth-order valence-corrected chi connectivity index (χ4v) is 5.70. The van der Waals surface area contributed by atoms with Gasteiger partial charge in [0.05, 0.1) is 17.3 Å². The lowest BCUT2D eigenvalue weighted by molar-refractivity contribution is -0.00343. The molecule has 0 spiro atoms. The van der Waals surface area contributed by atoms with Gasteiger partial charge in [0.1, 0.15) is 5.82 Å². The molecule has 3 atom stereocenters. The van der Waals surface area contributed by atoms with Gasteiger partial charge < -0.3 is 4.90 Å². The van der Waals surface area contributed by atoms with E-state index in [1.54, 1.807) is 12.1 Å². The van der Waals surface area contributed by atoms with E-state index in [0.717, 1.165) is 49.3 Å². The third-order valence-corrected chi connectivity index (χ3v) is 7.05. The molecule has 1 amide bonds. The lowest BCUT2D eigenvalue weighted by Gasteiger charge is -2.51. The van der Waals surface area contributed by atoms with Crippen LogP contribution in [-0.4, -0.2) is 57.2 Å². The van der Waals surface area contributed by atoms with Crippen molar-refractivity contribution in [3.05, 3.63) is 53.1 Å². The third-order valence-electron chi connectivity index (χ3n) is 7.05. The highest BCUT2D eigenvalue weighted by atomic mass is 19.1. The standard InChI is InChI=1S/C22H27FN4O/c1-3-26-12-18(14(2)24-26)22(28)27-13-19(15-4-6-17(23)7-5-15)21-20(27)16-8-10-25(21)11-9-16/h4-7,12,16,19-21H,3,8-11,13H2,1-2H3/t19-,20+,21+/m0/s1. The van der Waals surface area contributed by atoms with Crippen LogP contribution in [0.4, 0.5) is 4.39 Å². The van der Waals surface area contributed by atoms with Gasteiger partial charge in [-0.1, -0.05) is 12.1 Å². The maximum atomic E-state index is 13.6. The minimum atomic E-state index is -0.209. The van der Waals surface area contributed by atoms with Crippen molar-refractivity contribution in [3.8, 4) is 0 Å². The Bertz CT molecular complexity index is 884. The number of piperidine rings is 3. The summed E-state index contributed by atoms with van der Waals surface area (Å²) in [4.78, 5) is 18.2. The number of benzene rings is 1. The number of aryl methyl sites for hydroxylation is 2. The normalized spacial score (nSPS) is 31.2. The highest BCUT2D eigenvalue weighted by molar-refractivity contribution is 5.95. The number of amides is 1. The minimum absolute atomic E-state index is 0.102. The Hall–Kier alpha value is -2.21. The van der Waals surface area contributed by atoms with Gasteiger partial charge >= 0.3 is 0 Å². The van der Waals surface area contributed by atoms with Crippen molar-refractivity contribution < 1.29 is 9.18 Å². The Kier molecular flexibility index (Phi) is 4.27. The molecule has 148 valence electrons. The maximum Gasteiger partial charge on any atom is 0.257 e. The Labute approximate surface area is 165 Å². The molecule has 6 heteroatoms. The molecular formula is C22H27FN4O. The van der Waals surface area contributed by atoms with Crippen molar-refractivity contribution in [1.82, 2.24) is 19.6 Å². The van der Waals surface area contributed by atoms with Crippen LogP contribution in [0.5, 0.6) is 0 Å². The summed E-state index contributed by atoms with van der Waals surface area (Å²) in [6.45, 7) is 7.63. The van der Waals surface area contributed by atoms with E-state index < -0.39 is 0 Å². The predicted molar refractivity (Wildman–Crippen MR) is 105 cm³/mol. The molecule has 1 aromatic carbocycles. The largest absolute Gasteiger partial charge is 0.333 e. The van der Waals surface area contributed by atoms with Crippen LogP contribution in [0.3, 0.4) is 0 Å². The van der Waals surface area contributed by atoms with E-state index in [1.165, 1.54) is 0 Å². The summed E-state index contributed by atoms with van der Waals surface area (Å²) in [5.74, 6) is 0.690. The fraction of sp³-hybridized carbons (Fsp3) is 0.545. The predicted octanol–water partition coefficient (Wildman–Crippen LogP) is 3.05. The lowest BCUT2D eigenvalue weighted by Crippen LogP contribution is -2.60. The summed E-state index contributed by atoms with van der Waals surface area (Å²) >= 11 is 0. The molecule has 1 aromatic heterocycles. The van der Waals surface area contributed by atoms with Crippen LogP contribution in [0.1, 0.15) is 47.3 Å². The highest BCUT2D eigenvalue weighted by Gasteiger charge is 2.54. The zero-order valence-electron chi connectivity index (χ0n) is 16.5. The number of halogens is 1. The molecule has 0 radical (unpaired) electrons. The molecule has 28 heavy (non-hydrogen) atoms. The zero-order valence-corrected chi connectivity index (χ0v) is 16.5. The molecule has 0 N–H and O–H groups in total. The first kappa shape index (κ1) is 17.9. The summed E-state index contributed by atoms with van der Waals surface area (Å²) < 4.78 is 15.3. The molecule has 0 aliphatic carbocycles. The SMILES string of the molecule is CCn1cc(C(=O)N2C[C@@H](c3ccc(F)cc3)[C@@H]3[C@H]2C2CCN3CC2)c(C)n1. The first-order valence-corrected chi connectivity index (χ1v) is 10.4. The summed E-state index contributed by atoms with van der Waals surface area (Å²) in [6.07, 6.45) is 4.21. The smallest absolute Gasteiger partial charge is 0.257 e. The summed E-state index contributed by atoms with van der Waals surface area (Å²) in [6, 6.07) is 7.46. The molecule has 2 bridgehead atoms. The van der Waals surface area contributed by atoms with Crippen LogP contribution in [0.15, 0.2) is 30.5 Å². The van der Waals surface area contributed by atoms with Crippen LogP contribution >= 0.6 is 0 Å². The van der Waals surface area contributed by atoms with E-state index in [-0.39, 0.29) is 23.7 Å². The molecule has 4 aliphatic heterocycles. The van der Waals surface area contributed by atoms with Crippen molar-refractivity contribution in [2.45, 2.75) is 51.2 Å². The Morgan fingerprint density at radius 1 is 1.18 bits per heavy atom. The number of hydrogen-bond donors (Lipinski definition) is 0. The van der Waals surface area contributed by atoms with Crippen LogP contribution in [0, 0.1) is 18.7 Å². The van der Waals surface area contributed by atoms with Crippen molar-refractivity contribution >= 4 is 5.91 Å². The number of rotatable bonds is 3. The lowest BCUT2D eigenvalue weighted by atomic mass is 9.75. The van der Waals surface area contributed by atoms with Gasteiger partial charge in [-0.05, 0) is 63.4 Å². The Morgan fingerprint density at radius 3 is 2.54 bits per heavy atom. The monoisotopic (exact) mass is 382 g/mol. The molecule has 5 heterocycles. The summed E-state index contributed by atoms with van der Waals surface area (Å²) in [5.41, 5.74) is 2.66. The second kappa shape index (κ2) is 6.69. The van der Waals surface area contributed by atoms with Gasteiger partial charge in [0.25, 0.3) is 5.91 Å². The van der Waals surface area contributed by atoms with Crippen LogP contribution < -0.4 is 0 Å². The maximum absolute atomic E-state index is 13.6. The van der Waals surface area contributed by atoms with Gasteiger partial charge in [0.2, 0.25) is 0 Å². The Morgan fingerprint density at radius 2 is 1.89 bits per heavy atom. The molecule has 4 aliphatic rings. The number of nitrogens with zero attached hydrogens (tertiary/aromatic N) is 4. The molecule has 5 nitrogen and oxygen atoms in total. The average molecular weight is 382 g/mol. The molecule has 6 rings (SSSR count). The van der Waals surface area contributed by atoms with Gasteiger partial charge in [-0.25, -0.2) is 4.39 Å². The molecule has 2 aromatic rings. The van der Waals surface area contributed by atoms with Gasteiger partial charge in [-0.15, -0.1) is 0 Å². The molecule has 4 saturated heterocycles. The van der Waals surface area contributed by atoms with Crippen LogP contribution in [0.25, 0.3) is 0 Å². The number of aromatic nitrogens is 2.